The number of aromatic hydroxyl groups is 3. The van der Waals surface area contributed by atoms with E-state index in [1.165, 1.54) is 43.3 Å². The summed E-state index contributed by atoms with van der Waals surface area (Å²) in [5, 5.41) is 63.2. The van der Waals surface area contributed by atoms with Crippen molar-refractivity contribution in [3.8, 4) is 28.4 Å². The SMILES string of the molecule is Cc1cc(C(=O)O)c(O)cc1C(=O)O.O=C(O)c1cc(-c2ccc(O)c(C(=O)O)c2)ccc1O. The van der Waals surface area contributed by atoms with E-state index in [4.69, 9.17) is 20.4 Å². The predicted octanol–water partition coefficient (Wildman–Crippen LogP) is 3.26. The minimum absolute atomic E-state index is 0.104. The first-order valence-electron chi connectivity index (χ1n) is 9.26. The van der Waals surface area contributed by atoms with Crippen LogP contribution in [-0.2, 0) is 0 Å². The van der Waals surface area contributed by atoms with E-state index in [2.05, 4.69) is 0 Å². The van der Waals surface area contributed by atoms with Crippen LogP contribution in [0.3, 0.4) is 0 Å². The van der Waals surface area contributed by atoms with Gasteiger partial charge >= 0.3 is 23.9 Å². The van der Waals surface area contributed by atoms with Gasteiger partial charge in [-0.25, -0.2) is 19.2 Å². The summed E-state index contributed by atoms with van der Waals surface area (Å²) in [5.74, 6) is -6.36. The van der Waals surface area contributed by atoms with Crippen molar-refractivity contribution < 1.29 is 54.9 Å². The molecule has 0 aromatic heterocycles. The van der Waals surface area contributed by atoms with Crippen LogP contribution in [0.2, 0.25) is 0 Å². The van der Waals surface area contributed by atoms with Crippen LogP contribution in [0.4, 0.5) is 0 Å². The molecule has 11 heteroatoms. The maximum Gasteiger partial charge on any atom is 0.339 e. The molecule has 176 valence electrons. The minimum Gasteiger partial charge on any atom is -0.507 e. The highest BCUT2D eigenvalue weighted by molar-refractivity contribution is 5.96. The summed E-state index contributed by atoms with van der Waals surface area (Å²) in [6, 6.07) is 9.87. The van der Waals surface area contributed by atoms with Crippen LogP contribution in [0.1, 0.15) is 47.0 Å². The molecule has 0 aliphatic rings. The van der Waals surface area contributed by atoms with Crippen LogP contribution in [-0.4, -0.2) is 59.6 Å². The van der Waals surface area contributed by atoms with Crippen LogP contribution in [0.5, 0.6) is 17.2 Å². The van der Waals surface area contributed by atoms with Gasteiger partial charge < -0.3 is 35.7 Å². The largest absolute Gasteiger partial charge is 0.507 e. The van der Waals surface area contributed by atoms with Gasteiger partial charge in [-0.15, -0.1) is 0 Å². The third-order valence-corrected chi connectivity index (χ3v) is 4.59. The molecule has 3 aromatic carbocycles. The monoisotopic (exact) mass is 470 g/mol. The zero-order valence-electron chi connectivity index (χ0n) is 17.4. The van der Waals surface area contributed by atoms with E-state index >= 15 is 0 Å². The first-order chi connectivity index (χ1) is 15.8. The maximum atomic E-state index is 10.9. The van der Waals surface area contributed by atoms with Gasteiger partial charge in [0.05, 0.1) is 5.56 Å². The number of hydrogen-bond donors (Lipinski definition) is 7. The Kier molecular flexibility index (Phi) is 7.44. The summed E-state index contributed by atoms with van der Waals surface area (Å²) in [4.78, 5) is 43.0. The first-order valence-corrected chi connectivity index (χ1v) is 9.26. The standard InChI is InChI=1S/C14H10O6.C9H8O5/c15-11-3-1-7(5-9(11)13(17)18)8-2-4-12(16)10(6-8)14(19)20;1-4-2-6(9(13)14)7(10)3-5(4)8(11)12/h1-6,15-16H,(H,17,18)(H,19,20);2-3,10H,1H3,(H,11,12)(H,13,14). The van der Waals surface area contributed by atoms with E-state index in [9.17, 15) is 34.5 Å². The molecular weight excluding hydrogens is 452 g/mol. The summed E-state index contributed by atoms with van der Waals surface area (Å²) < 4.78 is 0. The van der Waals surface area contributed by atoms with Gasteiger partial charge in [-0.05, 0) is 60.0 Å². The third-order valence-electron chi connectivity index (χ3n) is 4.59. The normalized spacial score (nSPS) is 10.0. The summed E-state index contributed by atoms with van der Waals surface area (Å²) in [6.45, 7) is 1.47. The number of aromatic carboxylic acids is 4. The molecule has 7 N–H and O–H groups in total. The molecule has 0 unspecified atom stereocenters. The molecule has 3 aromatic rings. The average molecular weight is 470 g/mol. The van der Waals surface area contributed by atoms with Gasteiger partial charge in [-0.2, -0.15) is 0 Å². The second-order valence-electron chi connectivity index (χ2n) is 6.87. The second kappa shape index (κ2) is 10.0. The van der Waals surface area contributed by atoms with Crippen molar-refractivity contribution in [2.24, 2.45) is 0 Å². The topological polar surface area (TPSA) is 210 Å². The Balaban J connectivity index is 0.000000257. The summed E-state index contributed by atoms with van der Waals surface area (Å²) in [6.07, 6.45) is 0. The van der Waals surface area contributed by atoms with Crippen LogP contribution in [0.15, 0.2) is 48.5 Å². The number of carboxylic acid groups (broad SMARTS) is 4. The zero-order chi connectivity index (χ0) is 25.7. The molecule has 0 aliphatic heterocycles. The van der Waals surface area contributed by atoms with Gasteiger partial charge in [0, 0.05) is 0 Å². The van der Waals surface area contributed by atoms with Gasteiger partial charge in [0.1, 0.15) is 33.9 Å². The first kappa shape index (κ1) is 25.2. The van der Waals surface area contributed by atoms with Gasteiger partial charge in [-0.3, -0.25) is 0 Å². The molecule has 0 saturated heterocycles. The van der Waals surface area contributed by atoms with Crippen LogP contribution >= 0.6 is 0 Å². The Morgan fingerprint density at radius 2 is 0.853 bits per heavy atom. The Labute approximate surface area is 191 Å². The molecule has 34 heavy (non-hydrogen) atoms. The molecule has 0 bridgehead atoms. The average Bonchev–Trinajstić information content (AvgIpc) is 2.75. The quantitative estimate of drug-likeness (QED) is 0.288. The van der Waals surface area contributed by atoms with Crippen molar-refractivity contribution in [2.45, 2.75) is 6.92 Å². The van der Waals surface area contributed by atoms with E-state index in [1.807, 2.05) is 0 Å². The molecule has 11 nitrogen and oxygen atoms in total. The molecule has 0 amide bonds. The number of rotatable bonds is 5. The maximum absolute atomic E-state index is 10.9. The predicted molar refractivity (Wildman–Crippen MR) is 116 cm³/mol. The molecule has 0 heterocycles. The van der Waals surface area contributed by atoms with Gasteiger partial charge in [0.15, 0.2) is 0 Å². The van der Waals surface area contributed by atoms with Crippen LogP contribution < -0.4 is 0 Å². The Bertz CT molecular complexity index is 1210. The van der Waals surface area contributed by atoms with E-state index in [0.29, 0.717) is 16.7 Å². The Morgan fingerprint density at radius 3 is 1.21 bits per heavy atom. The number of carbonyl (C=O) groups is 4. The lowest BCUT2D eigenvalue weighted by molar-refractivity contribution is 0.0677. The Morgan fingerprint density at radius 1 is 0.500 bits per heavy atom. The molecule has 3 rings (SSSR count). The van der Waals surface area contributed by atoms with Gasteiger partial charge in [0.2, 0.25) is 0 Å². The summed E-state index contributed by atoms with van der Waals surface area (Å²) in [5.41, 5.74) is 0.165. The van der Waals surface area contributed by atoms with Gasteiger partial charge in [-0.1, -0.05) is 12.1 Å². The summed E-state index contributed by atoms with van der Waals surface area (Å²) >= 11 is 0. The number of benzene rings is 3. The lowest BCUT2D eigenvalue weighted by Crippen LogP contribution is -2.04. The Hall–Kier alpha value is -5.06. The van der Waals surface area contributed by atoms with Crippen molar-refractivity contribution in [3.63, 3.8) is 0 Å². The highest BCUT2D eigenvalue weighted by Crippen LogP contribution is 2.29. The number of phenols is 3. The molecule has 0 radical (unpaired) electrons. The van der Waals surface area contributed by atoms with E-state index < -0.39 is 29.6 Å². The minimum atomic E-state index is -1.29. The molecule has 0 saturated carbocycles. The number of aryl methyl sites for hydroxylation is 1. The van der Waals surface area contributed by atoms with Crippen LogP contribution in [0, 0.1) is 6.92 Å². The van der Waals surface area contributed by atoms with Crippen molar-refractivity contribution >= 4 is 23.9 Å². The highest BCUT2D eigenvalue weighted by Gasteiger charge is 2.16. The zero-order valence-corrected chi connectivity index (χ0v) is 17.4. The number of carboxylic acids is 4. The van der Waals surface area contributed by atoms with Gasteiger partial charge in [0.25, 0.3) is 0 Å². The smallest absolute Gasteiger partial charge is 0.339 e. The fourth-order valence-corrected chi connectivity index (χ4v) is 2.87. The van der Waals surface area contributed by atoms with Crippen molar-refractivity contribution in [1.82, 2.24) is 0 Å². The third kappa shape index (κ3) is 5.59. The van der Waals surface area contributed by atoms with Crippen LogP contribution in [0.25, 0.3) is 11.1 Å². The fraction of sp³-hybridized carbons (Fsp3) is 0.0435. The molecule has 0 atom stereocenters. The van der Waals surface area contributed by atoms with E-state index in [-0.39, 0.29) is 33.8 Å². The van der Waals surface area contributed by atoms with Crippen molar-refractivity contribution in [3.05, 3.63) is 76.3 Å². The summed E-state index contributed by atoms with van der Waals surface area (Å²) in [7, 11) is 0. The lowest BCUT2D eigenvalue weighted by atomic mass is 10.00. The van der Waals surface area contributed by atoms with E-state index in [0.717, 1.165) is 12.1 Å². The van der Waals surface area contributed by atoms with E-state index in [1.54, 1.807) is 0 Å². The fourth-order valence-electron chi connectivity index (χ4n) is 2.87. The van der Waals surface area contributed by atoms with Crippen molar-refractivity contribution in [1.29, 1.82) is 0 Å². The number of hydrogen-bond acceptors (Lipinski definition) is 7. The molecule has 0 fully saturated rings. The lowest BCUT2D eigenvalue weighted by Gasteiger charge is -2.07. The molecule has 0 aliphatic carbocycles. The highest BCUT2D eigenvalue weighted by atomic mass is 16.4. The molecular formula is C23H18O11. The second-order valence-corrected chi connectivity index (χ2v) is 6.87. The molecule has 0 spiro atoms. The van der Waals surface area contributed by atoms with Crippen molar-refractivity contribution in [2.75, 3.05) is 0 Å².